The lowest BCUT2D eigenvalue weighted by Gasteiger charge is -2.39. The number of nitrogens with zero attached hydrogens (tertiary/aromatic N) is 2. The smallest absolute Gasteiger partial charge is 0.244 e. The first kappa shape index (κ1) is 17.9. The van der Waals surface area contributed by atoms with Crippen LogP contribution in [-0.2, 0) is 9.53 Å². The van der Waals surface area contributed by atoms with Gasteiger partial charge < -0.3 is 15.2 Å². The lowest BCUT2D eigenvalue weighted by atomic mass is 9.87. The molecule has 0 bridgehead atoms. The molecule has 3 rings (SSSR count). The van der Waals surface area contributed by atoms with Gasteiger partial charge in [-0.2, -0.15) is 0 Å². The van der Waals surface area contributed by atoms with E-state index in [1.54, 1.807) is 6.08 Å². The third-order valence-electron chi connectivity index (χ3n) is 5.50. The standard InChI is InChI=1S/C18H31N3O3/c22-17(7-4-8-20-11-13-24-14-12-20)19-15-5-3-6-16(18(15)23)21-9-1-2-10-21/h4,7,15-16,18,23H,1-3,5-6,8-14H2,(H,19,22)/b7-4+/t15-,16-,18-/m1/s1. The van der Waals surface area contributed by atoms with Gasteiger partial charge in [0.25, 0.3) is 0 Å². The molecule has 6 heteroatoms. The molecule has 1 saturated carbocycles. The highest BCUT2D eigenvalue weighted by atomic mass is 16.5. The molecule has 3 atom stereocenters. The molecule has 24 heavy (non-hydrogen) atoms. The van der Waals surface area contributed by atoms with Crippen LogP contribution in [0, 0.1) is 0 Å². The van der Waals surface area contributed by atoms with E-state index in [4.69, 9.17) is 4.74 Å². The van der Waals surface area contributed by atoms with Gasteiger partial charge in [-0.05, 0) is 45.2 Å². The Morgan fingerprint density at radius 3 is 2.62 bits per heavy atom. The minimum absolute atomic E-state index is 0.0885. The fourth-order valence-corrected chi connectivity index (χ4v) is 4.11. The Morgan fingerprint density at radius 1 is 1.12 bits per heavy atom. The first-order chi connectivity index (χ1) is 11.7. The van der Waals surface area contributed by atoms with Gasteiger partial charge in [0, 0.05) is 31.8 Å². The summed E-state index contributed by atoms with van der Waals surface area (Å²) in [4.78, 5) is 16.8. The van der Waals surface area contributed by atoms with Crippen molar-refractivity contribution in [3.05, 3.63) is 12.2 Å². The Hall–Kier alpha value is -0.950. The van der Waals surface area contributed by atoms with E-state index in [-0.39, 0.29) is 18.0 Å². The summed E-state index contributed by atoms with van der Waals surface area (Å²) >= 11 is 0. The summed E-state index contributed by atoms with van der Waals surface area (Å²) in [7, 11) is 0. The monoisotopic (exact) mass is 337 g/mol. The highest BCUT2D eigenvalue weighted by molar-refractivity contribution is 5.87. The maximum atomic E-state index is 12.2. The second-order valence-corrected chi connectivity index (χ2v) is 7.16. The van der Waals surface area contributed by atoms with Crippen LogP contribution < -0.4 is 5.32 Å². The number of ether oxygens (including phenoxy) is 1. The summed E-state index contributed by atoms with van der Waals surface area (Å²) in [6, 6.07) is 0.0915. The van der Waals surface area contributed by atoms with Gasteiger partial charge in [-0.25, -0.2) is 0 Å². The van der Waals surface area contributed by atoms with Gasteiger partial charge in [0.2, 0.25) is 5.91 Å². The van der Waals surface area contributed by atoms with Crippen LogP contribution >= 0.6 is 0 Å². The molecular formula is C18H31N3O3. The number of nitrogens with one attached hydrogen (secondary N) is 1. The van der Waals surface area contributed by atoms with Crippen LogP contribution in [0.4, 0.5) is 0 Å². The molecule has 2 aliphatic heterocycles. The first-order valence-corrected chi connectivity index (χ1v) is 9.43. The van der Waals surface area contributed by atoms with Gasteiger partial charge in [-0.15, -0.1) is 0 Å². The normalized spacial score (nSPS) is 33.1. The van der Waals surface area contributed by atoms with Crippen molar-refractivity contribution in [2.24, 2.45) is 0 Å². The number of amides is 1. The minimum Gasteiger partial charge on any atom is -0.389 e. The van der Waals surface area contributed by atoms with Crippen LogP contribution in [0.15, 0.2) is 12.2 Å². The third kappa shape index (κ3) is 4.79. The van der Waals surface area contributed by atoms with E-state index in [2.05, 4.69) is 15.1 Å². The van der Waals surface area contributed by atoms with E-state index < -0.39 is 6.10 Å². The van der Waals surface area contributed by atoms with Crippen LogP contribution in [0.2, 0.25) is 0 Å². The van der Waals surface area contributed by atoms with Crippen molar-refractivity contribution in [2.45, 2.75) is 50.3 Å². The number of hydrogen-bond donors (Lipinski definition) is 2. The second-order valence-electron chi connectivity index (χ2n) is 7.16. The SMILES string of the molecule is O=C(/C=C/CN1CCOCC1)N[C@@H]1CCC[C@@H](N2CCCC2)[C@@H]1O. The van der Waals surface area contributed by atoms with Crippen molar-refractivity contribution in [2.75, 3.05) is 45.9 Å². The number of aliphatic hydroxyl groups excluding tert-OH is 1. The Morgan fingerprint density at radius 2 is 1.88 bits per heavy atom. The number of hydrogen-bond acceptors (Lipinski definition) is 5. The number of rotatable bonds is 5. The third-order valence-corrected chi connectivity index (χ3v) is 5.50. The Labute approximate surface area is 144 Å². The van der Waals surface area contributed by atoms with Crippen LogP contribution in [0.5, 0.6) is 0 Å². The summed E-state index contributed by atoms with van der Waals surface area (Å²) < 4.78 is 5.31. The van der Waals surface area contributed by atoms with E-state index in [9.17, 15) is 9.90 Å². The van der Waals surface area contributed by atoms with Gasteiger partial charge in [0.05, 0.1) is 25.4 Å². The molecule has 3 aliphatic rings. The van der Waals surface area contributed by atoms with Crippen LogP contribution in [-0.4, -0.2) is 84.9 Å². The van der Waals surface area contributed by atoms with Gasteiger partial charge in [-0.3, -0.25) is 14.6 Å². The van der Waals surface area contributed by atoms with E-state index in [1.165, 1.54) is 12.8 Å². The summed E-state index contributed by atoms with van der Waals surface area (Å²) in [6.45, 7) is 6.33. The zero-order valence-corrected chi connectivity index (χ0v) is 14.5. The van der Waals surface area contributed by atoms with Crippen LogP contribution in [0.25, 0.3) is 0 Å². The maximum Gasteiger partial charge on any atom is 0.244 e. The van der Waals surface area contributed by atoms with E-state index in [1.807, 2.05) is 6.08 Å². The molecule has 2 saturated heterocycles. The summed E-state index contributed by atoms with van der Waals surface area (Å²) in [5.74, 6) is -0.0885. The lowest BCUT2D eigenvalue weighted by molar-refractivity contribution is -0.119. The van der Waals surface area contributed by atoms with Gasteiger partial charge in [-0.1, -0.05) is 6.08 Å². The van der Waals surface area contributed by atoms with Crippen molar-refractivity contribution in [3.8, 4) is 0 Å². The van der Waals surface area contributed by atoms with Crippen molar-refractivity contribution in [1.29, 1.82) is 0 Å². The average Bonchev–Trinajstić information content (AvgIpc) is 3.12. The summed E-state index contributed by atoms with van der Waals surface area (Å²) in [5.41, 5.74) is 0. The zero-order valence-electron chi connectivity index (χ0n) is 14.5. The zero-order chi connectivity index (χ0) is 16.8. The molecule has 3 fully saturated rings. The molecule has 0 spiro atoms. The first-order valence-electron chi connectivity index (χ1n) is 9.43. The Kier molecular flexibility index (Phi) is 6.66. The van der Waals surface area contributed by atoms with Crippen LogP contribution in [0.1, 0.15) is 32.1 Å². The molecule has 6 nitrogen and oxygen atoms in total. The maximum absolute atomic E-state index is 12.2. The van der Waals surface area contributed by atoms with Crippen LogP contribution in [0.3, 0.4) is 0 Å². The topological polar surface area (TPSA) is 65.0 Å². The van der Waals surface area contributed by atoms with Crippen molar-refractivity contribution < 1.29 is 14.6 Å². The molecule has 136 valence electrons. The Bertz CT molecular complexity index is 431. The number of likely N-dealkylation sites (tertiary alicyclic amines) is 1. The summed E-state index contributed by atoms with van der Waals surface area (Å²) in [5, 5.41) is 13.7. The molecule has 0 aromatic rings. The Balaban J connectivity index is 1.44. The second kappa shape index (κ2) is 8.94. The quantitative estimate of drug-likeness (QED) is 0.710. The number of morpholine rings is 1. The van der Waals surface area contributed by atoms with Crippen molar-refractivity contribution >= 4 is 5.91 Å². The fraction of sp³-hybridized carbons (Fsp3) is 0.833. The van der Waals surface area contributed by atoms with Gasteiger partial charge in [0.1, 0.15) is 0 Å². The molecule has 1 amide bonds. The lowest BCUT2D eigenvalue weighted by Crippen LogP contribution is -2.55. The van der Waals surface area contributed by atoms with Gasteiger partial charge in [0.15, 0.2) is 0 Å². The minimum atomic E-state index is -0.451. The molecule has 2 heterocycles. The number of aliphatic hydroxyl groups is 1. The molecule has 2 N–H and O–H groups in total. The highest BCUT2D eigenvalue weighted by Crippen LogP contribution is 2.26. The summed E-state index contributed by atoms with van der Waals surface area (Å²) in [6.07, 6.45) is 8.51. The number of carbonyl (C=O) groups is 1. The largest absolute Gasteiger partial charge is 0.389 e. The molecule has 0 aromatic carbocycles. The van der Waals surface area contributed by atoms with Crippen molar-refractivity contribution in [3.63, 3.8) is 0 Å². The van der Waals surface area contributed by atoms with Gasteiger partial charge >= 0.3 is 0 Å². The van der Waals surface area contributed by atoms with E-state index in [0.717, 1.165) is 65.2 Å². The molecule has 1 aliphatic carbocycles. The number of carbonyl (C=O) groups excluding carboxylic acids is 1. The predicted molar refractivity (Wildman–Crippen MR) is 92.8 cm³/mol. The molecule has 0 unspecified atom stereocenters. The highest BCUT2D eigenvalue weighted by Gasteiger charge is 2.36. The van der Waals surface area contributed by atoms with Crippen molar-refractivity contribution in [1.82, 2.24) is 15.1 Å². The van der Waals surface area contributed by atoms with E-state index >= 15 is 0 Å². The predicted octanol–water partition coefficient (Wildman–Crippen LogP) is 0.369. The molecule has 0 aromatic heterocycles. The average molecular weight is 337 g/mol. The fourth-order valence-electron chi connectivity index (χ4n) is 4.11. The molecule has 0 radical (unpaired) electrons. The van der Waals surface area contributed by atoms with E-state index in [0.29, 0.717) is 0 Å². The molecular weight excluding hydrogens is 306 g/mol.